The summed E-state index contributed by atoms with van der Waals surface area (Å²) in [5.41, 5.74) is 0.507. The second-order valence-corrected chi connectivity index (χ2v) is 2.64. The van der Waals surface area contributed by atoms with Gasteiger partial charge in [-0.15, -0.1) is 0 Å². The molecule has 0 spiro atoms. The third kappa shape index (κ3) is 2.54. The van der Waals surface area contributed by atoms with E-state index in [0.29, 0.717) is 17.6 Å². The van der Waals surface area contributed by atoms with E-state index in [1.54, 1.807) is 31.4 Å². The zero-order chi connectivity index (χ0) is 9.68. The lowest BCUT2D eigenvalue weighted by Crippen LogP contribution is -1.92. The van der Waals surface area contributed by atoms with Gasteiger partial charge in [-0.3, -0.25) is 0 Å². The molecule has 0 heterocycles. The minimum atomic E-state index is -1.21. The first kappa shape index (κ1) is 9.71. The van der Waals surface area contributed by atoms with E-state index >= 15 is 0 Å². The van der Waals surface area contributed by atoms with Crippen LogP contribution in [-0.4, -0.2) is 13.4 Å². The van der Waals surface area contributed by atoms with Crippen LogP contribution >= 0.6 is 0 Å². The molecule has 1 unspecified atom stereocenters. The maximum Gasteiger partial charge on any atom is 0.132 e. The molecule has 70 valence electrons. The van der Waals surface area contributed by atoms with Gasteiger partial charge in [0.15, 0.2) is 0 Å². The first-order valence-electron chi connectivity index (χ1n) is 3.99. The Morgan fingerprint density at radius 3 is 2.54 bits per heavy atom. The molecule has 0 fully saturated rings. The predicted octanol–water partition coefficient (Wildman–Crippen LogP) is 2.29. The highest BCUT2D eigenvalue weighted by atomic mass is 19.1. The smallest absolute Gasteiger partial charge is 0.132 e. The van der Waals surface area contributed by atoms with Gasteiger partial charge in [0, 0.05) is 6.42 Å². The van der Waals surface area contributed by atoms with Crippen molar-refractivity contribution in [3.05, 3.63) is 29.8 Å². The Balaban J connectivity index is 2.73. The number of hydrogen-bond donors (Lipinski definition) is 0. The van der Waals surface area contributed by atoms with Crippen molar-refractivity contribution in [2.45, 2.75) is 12.6 Å². The minimum absolute atomic E-state index is 0.0909. The Bertz CT molecular complexity index is 269. The number of aldehydes is 1. The van der Waals surface area contributed by atoms with Crippen LogP contribution < -0.4 is 4.74 Å². The maximum absolute atomic E-state index is 13.1. The fourth-order valence-corrected chi connectivity index (χ4v) is 1.03. The number of carbonyl (C=O) groups excluding carboxylic acids is 1. The summed E-state index contributed by atoms with van der Waals surface area (Å²) in [7, 11) is 1.55. The van der Waals surface area contributed by atoms with E-state index in [2.05, 4.69) is 0 Å². The van der Waals surface area contributed by atoms with Gasteiger partial charge in [-0.25, -0.2) is 4.39 Å². The Morgan fingerprint density at radius 2 is 2.08 bits per heavy atom. The molecule has 0 saturated carbocycles. The van der Waals surface area contributed by atoms with Gasteiger partial charge in [0.2, 0.25) is 0 Å². The average Bonchev–Trinajstić information content (AvgIpc) is 2.18. The van der Waals surface area contributed by atoms with Gasteiger partial charge in [-0.1, -0.05) is 12.1 Å². The molecule has 1 aromatic carbocycles. The van der Waals surface area contributed by atoms with Crippen LogP contribution in [0.3, 0.4) is 0 Å². The van der Waals surface area contributed by atoms with E-state index in [1.807, 2.05) is 0 Å². The van der Waals surface area contributed by atoms with Gasteiger partial charge in [0.05, 0.1) is 7.11 Å². The molecule has 0 bridgehead atoms. The number of carbonyl (C=O) groups is 1. The van der Waals surface area contributed by atoms with E-state index in [-0.39, 0.29) is 6.42 Å². The highest BCUT2D eigenvalue weighted by molar-refractivity contribution is 5.51. The topological polar surface area (TPSA) is 26.3 Å². The summed E-state index contributed by atoms with van der Waals surface area (Å²) in [6.07, 6.45) is -0.718. The van der Waals surface area contributed by atoms with Crippen LogP contribution in [0.4, 0.5) is 4.39 Å². The summed E-state index contributed by atoms with van der Waals surface area (Å²) in [5, 5.41) is 0. The molecule has 0 N–H and O–H groups in total. The van der Waals surface area contributed by atoms with Crippen LogP contribution in [0.25, 0.3) is 0 Å². The number of alkyl halides is 1. The molecule has 0 aromatic heterocycles. The Labute approximate surface area is 76.3 Å². The summed E-state index contributed by atoms with van der Waals surface area (Å²) in [6.45, 7) is 0. The van der Waals surface area contributed by atoms with E-state index in [4.69, 9.17) is 4.74 Å². The van der Waals surface area contributed by atoms with Crippen LogP contribution in [0.5, 0.6) is 5.75 Å². The van der Waals surface area contributed by atoms with Crippen LogP contribution in [-0.2, 0) is 4.79 Å². The Morgan fingerprint density at radius 1 is 1.46 bits per heavy atom. The highest BCUT2D eigenvalue weighted by Crippen LogP contribution is 2.22. The van der Waals surface area contributed by atoms with Crippen molar-refractivity contribution in [3.63, 3.8) is 0 Å². The van der Waals surface area contributed by atoms with Gasteiger partial charge < -0.3 is 9.53 Å². The third-order valence-electron chi connectivity index (χ3n) is 1.78. The molecular weight excluding hydrogens is 171 g/mol. The van der Waals surface area contributed by atoms with Crippen molar-refractivity contribution >= 4 is 6.29 Å². The minimum Gasteiger partial charge on any atom is -0.497 e. The molecule has 1 atom stereocenters. The van der Waals surface area contributed by atoms with Gasteiger partial charge in [-0.2, -0.15) is 0 Å². The van der Waals surface area contributed by atoms with Gasteiger partial charge in [0.25, 0.3) is 0 Å². The normalized spacial score (nSPS) is 12.2. The zero-order valence-electron chi connectivity index (χ0n) is 7.37. The van der Waals surface area contributed by atoms with E-state index in [1.165, 1.54) is 0 Å². The van der Waals surface area contributed by atoms with Gasteiger partial charge in [-0.05, 0) is 17.7 Å². The summed E-state index contributed by atoms with van der Waals surface area (Å²) < 4.78 is 18.0. The third-order valence-corrected chi connectivity index (χ3v) is 1.78. The maximum atomic E-state index is 13.1. The lowest BCUT2D eigenvalue weighted by Gasteiger charge is -2.05. The zero-order valence-corrected chi connectivity index (χ0v) is 7.37. The molecule has 0 aliphatic carbocycles. The van der Waals surface area contributed by atoms with Crippen molar-refractivity contribution in [1.29, 1.82) is 0 Å². The van der Waals surface area contributed by atoms with Crippen molar-refractivity contribution in [1.82, 2.24) is 0 Å². The Hall–Kier alpha value is -1.38. The van der Waals surface area contributed by atoms with Crippen molar-refractivity contribution < 1.29 is 13.9 Å². The molecule has 0 amide bonds. The number of benzene rings is 1. The van der Waals surface area contributed by atoms with E-state index < -0.39 is 6.17 Å². The van der Waals surface area contributed by atoms with E-state index in [0.717, 1.165) is 0 Å². The molecule has 0 radical (unpaired) electrons. The highest BCUT2D eigenvalue weighted by Gasteiger charge is 2.08. The largest absolute Gasteiger partial charge is 0.497 e. The number of methoxy groups -OCH3 is 1. The fourth-order valence-electron chi connectivity index (χ4n) is 1.03. The SMILES string of the molecule is COc1ccc(C(F)CC=O)cc1. The van der Waals surface area contributed by atoms with Gasteiger partial charge >= 0.3 is 0 Å². The molecule has 1 aromatic rings. The van der Waals surface area contributed by atoms with Crippen LogP contribution in [0.15, 0.2) is 24.3 Å². The lowest BCUT2D eigenvalue weighted by molar-refractivity contribution is -0.108. The molecule has 2 nitrogen and oxygen atoms in total. The van der Waals surface area contributed by atoms with Crippen LogP contribution in [0.2, 0.25) is 0 Å². The van der Waals surface area contributed by atoms with E-state index in [9.17, 15) is 9.18 Å². The molecule has 3 heteroatoms. The van der Waals surface area contributed by atoms with Crippen molar-refractivity contribution in [2.24, 2.45) is 0 Å². The summed E-state index contributed by atoms with van der Waals surface area (Å²) >= 11 is 0. The average molecular weight is 182 g/mol. The molecule has 0 aliphatic heterocycles. The number of hydrogen-bond acceptors (Lipinski definition) is 2. The first-order valence-corrected chi connectivity index (χ1v) is 3.99. The second kappa shape index (κ2) is 4.60. The lowest BCUT2D eigenvalue weighted by atomic mass is 10.1. The first-order chi connectivity index (χ1) is 6.27. The summed E-state index contributed by atoms with van der Waals surface area (Å²) in [6, 6.07) is 6.58. The molecular formula is C10H11FO2. The number of halogens is 1. The van der Waals surface area contributed by atoms with Crippen molar-refractivity contribution in [3.8, 4) is 5.75 Å². The second-order valence-electron chi connectivity index (χ2n) is 2.64. The predicted molar refractivity (Wildman–Crippen MR) is 47.5 cm³/mol. The molecule has 1 rings (SSSR count). The van der Waals surface area contributed by atoms with Crippen molar-refractivity contribution in [2.75, 3.05) is 7.11 Å². The fraction of sp³-hybridized carbons (Fsp3) is 0.300. The van der Waals surface area contributed by atoms with Crippen LogP contribution in [0, 0.1) is 0 Å². The standard InChI is InChI=1S/C10H11FO2/c1-13-9-4-2-8(3-5-9)10(11)6-7-12/h2-5,7,10H,6H2,1H3. The Kier molecular flexibility index (Phi) is 3.43. The molecule has 0 saturated heterocycles. The van der Waals surface area contributed by atoms with Gasteiger partial charge in [0.1, 0.15) is 18.2 Å². The number of rotatable bonds is 4. The summed E-state index contributed by atoms with van der Waals surface area (Å²) in [4.78, 5) is 10.0. The van der Waals surface area contributed by atoms with Crippen LogP contribution in [0.1, 0.15) is 18.2 Å². The molecule has 0 aliphatic rings. The monoisotopic (exact) mass is 182 g/mol. The quantitative estimate of drug-likeness (QED) is 0.668. The molecule has 13 heavy (non-hydrogen) atoms. The summed E-state index contributed by atoms with van der Waals surface area (Å²) in [5.74, 6) is 0.682. The number of ether oxygens (including phenoxy) is 1.